The van der Waals surface area contributed by atoms with Crippen molar-refractivity contribution in [3.8, 4) is 0 Å². The fourth-order valence-electron chi connectivity index (χ4n) is 3.24. The lowest BCUT2D eigenvalue weighted by Crippen LogP contribution is -2.20. The summed E-state index contributed by atoms with van der Waals surface area (Å²) in [5, 5.41) is 0.561. The van der Waals surface area contributed by atoms with Crippen molar-refractivity contribution in [2.24, 2.45) is 0 Å². The summed E-state index contributed by atoms with van der Waals surface area (Å²) in [5.41, 5.74) is 4.28. The summed E-state index contributed by atoms with van der Waals surface area (Å²) in [7, 11) is 0. The van der Waals surface area contributed by atoms with Crippen LogP contribution in [0.4, 0.5) is 4.39 Å². The first-order valence-corrected chi connectivity index (χ1v) is 10.9. The van der Waals surface area contributed by atoms with Gasteiger partial charge in [-0.25, -0.2) is 19.3 Å². The first-order chi connectivity index (χ1) is 15.2. The third-order valence-electron chi connectivity index (χ3n) is 4.86. The van der Waals surface area contributed by atoms with E-state index in [1.165, 1.54) is 35.8 Å². The van der Waals surface area contributed by atoms with Gasteiger partial charge in [0.1, 0.15) is 12.1 Å². The summed E-state index contributed by atoms with van der Waals surface area (Å²) in [6.45, 7) is 0. The molecular formula is C24H21FN4OS. The van der Waals surface area contributed by atoms with Crippen LogP contribution in [0.5, 0.6) is 0 Å². The Bertz CT molecular complexity index is 1180. The van der Waals surface area contributed by atoms with E-state index in [1.807, 2.05) is 18.2 Å². The highest BCUT2D eigenvalue weighted by Gasteiger charge is 2.14. The molecule has 1 N–H and O–H groups in total. The van der Waals surface area contributed by atoms with Gasteiger partial charge in [-0.1, -0.05) is 54.2 Å². The molecule has 4 rings (SSSR count). The third-order valence-corrected chi connectivity index (χ3v) is 5.80. The number of aryl methyl sites for hydroxylation is 2. The normalized spacial score (nSPS) is 10.9. The first kappa shape index (κ1) is 20.9. The number of nitrogens with one attached hydrogen (secondary N) is 1. The van der Waals surface area contributed by atoms with E-state index in [0.717, 1.165) is 23.2 Å². The Labute approximate surface area is 183 Å². The molecule has 7 heteroatoms. The SMILES string of the molecule is O=c1[nH]c(SCc2ccc(F)cc2)nc(CCc2ccccc2)c1Cc1cncnc1. The number of hydrogen-bond donors (Lipinski definition) is 1. The lowest BCUT2D eigenvalue weighted by atomic mass is 10.0. The number of nitrogens with zero attached hydrogens (tertiary/aromatic N) is 3. The van der Waals surface area contributed by atoms with Gasteiger partial charge >= 0.3 is 0 Å². The van der Waals surface area contributed by atoms with Crippen molar-refractivity contribution in [3.63, 3.8) is 0 Å². The predicted molar refractivity (Wildman–Crippen MR) is 120 cm³/mol. The monoisotopic (exact) mass is 432 g/mol. The maximum Gasteiger partial charge on any atom is 0.255 e. The van der Waals surface area contributed by atoms with Crippen molar-refractivity contribution >= 4 is 11.8 Å². The third kappa shape index (κ3) is 5.86. The van der Waals surface area contributed by atoms with Gasteiger partial charge in [-0.3, -0.25) is 4.79 Å². The minimum atomic E-state index is -0.266. The Morgan fingerprint density at radius 2 is 1.61 bits per heavy atom. The van der Waals surface area contributed by atoms with Crippen LogP contribution in [0.15, 0.2) is 83.3 Å². The largest absolute Gasteiger partial charge is 0.301 e. The smallest absolute Gasteiger partial charge is 0.255 e. The Morgan fingerprint density at radius 3 is 2.35 bits per heavy atom. The van der Waals surface area contributed by atoms with Gasteiger partial charge in [0.05, 0.1) is 5.69 Å². The molecule has 0 saturated heterocycles. The second kappa shape index (κ2) is 10.1. The zero-order valence-electron chi connectivity index (χ0n) is 16.8. The molecule has 0 bridgehead atoms. The van der Waals surface area contributed by atoms with E-state index in [4.69, 9.17) is 4.98 Å². The highest BCUT2D eigenvalue weighted by atomic mass is 32.2. The van der Waals surface area contributed by atoms with Crippen molar-refractivity contribution in [1.29, 1.82) is 0 Å². The van der Waals surface area contributed by atoms with Crippen LogP contribution >= 0.6 is 11.8 Å². The Kier molecular flexibility index (Phi) is 6.84. The number of rotatable bonds is 8. The molecule has 0 spiro atoms. The van der Waals surface area contributed by atoms with Gasteiger partial charge in [-0.15, -0.1) is 0 Å². The summed E-state index contributed by atoms with van der Waals surface area (Å²) in [4.78, 5) is 28.7. The van der Waals surface area contributed by atoms with Crippen LogP contribution in [-0.2, 0) is 25.0 Å². The average molecular weight is 433 g/mol. The molecule has 0 fully saturated rings. The number of hydrogen-bond acceptors (Lipinski definition) is 5. The lowest BCUT2D eigenvalue weighted by Gasteiger charge is -2.11. The number of H-pyrrole nitrogens is 1. The van der Waals surface area contributed by atoms with Crippen LogP contribution in [0.3, 0.4) is 0 Å². The second-order valence-corrected chi connectivity index (χ2v) is 8.08. The minimum Gasteiger partial charge on any atom is -0.301 e. The topological polar surface area (TPSA) is 71.5 Å². The molecule has 0 atom stereocenters. The van der Waals surface area contributed by atoms with E-state index in [-0.39, 0.29) is 11.4 Å². The van der Waals surface area contributed by atoms with Crippen LogP contribution in [0.1, 0.15) is 27.9 Å². The number of aromatic nitrogens is 4. The lowest BCUT2D eigenvalue weighted by molar-refractivity contribution is 0.627. The standard InChI is InChI=1S/C24H21FN4OS/c25-20-9-6-18(7-10-20)15-31-24-28-22(11-8-17-4-2-1-3-5-17)21(23(30)29-24)12-19-13-26-16-27-14-19/h1-7,9-10,13-14,16H,8,11-12,15H2,(H,28,29,30). The Balaban J connectivity index is 1.58. The first-order valence-electron chi connectivity index (χ1n) is 9.94. The van der Waals surface area contributed by atoms with Gasteiger partial charge < -0.3 is 4.98 Å². The molecule has 0 aliphatic heterocycles. The zero-order chi connectivity index (χ0) is 21.5. The van der Waals surface area contributed by atoms with Crippen molar-refractivity contribution in [3.05, 3.63) is 117 Å². The van der Waals surface area contributed by atoms with Gasteiger partial charge in [-0.2, -0.15) is 0 Å². The molecule has 156 valence electrons. The fourth-order valence-corrected chi connectivity index (χ4v) is 4.08. The molecule has 2 aromatic carbocycles. The minimum absolute atomic E-state index is 0.150. The predicted octanol–water partition coefficient (Wildman–Crippen LogP) is 4.37. The molecule has 0 unspecified atom stereocenters. The van der Waals surface area contributed by atoms with Crippen LogP contribution in [0, 0.1) is 5.82 Å². The van der Waals surface area contributed by atoms with Crippen LogP contribution < -0.4 is 5.56 Å². The van der Waals surface area contributed by atoms with E-state index in [1.54, 1.807) is 24.5 Å². The van der Waals surface area contributed by atoms with Gasteiger partial charge in [0.15, 0.2) is 5.16 Å². The molecule has 2 aromatic heterocycles. The van der Waals surface area contributed by atoms with E-state index in [0.29, 0.717) is 29.3 Å². The molecule has 4 aromatic rings. The van der Waals surface area contributed by atoms with Crippen molar-refractivity contribution in [1.82, 2.24) is 19.9 Å². The zero-order valence-corrected chi connectivity index (χ0v) is 17.6. The van der Waals surface area contributed by atoms with Crippen LogP contribution in [0.25, 0.3) is 0 Å². The number of benzene rings is 2. The van der Waals surface area contributed by atoms with E-state index < -0.39 is 0 Å². The van der Waals surface area contributed by atoms with E-state index >= 15 is 0 Å². The number of halogens is 1. The molecule has 0 radical (unpaired) electrons. The maximum absolute atomic E-state index is 13.1. The average Bonchev–Trinajstić information content (AvgIpc) is 2.80. The van der Waals surface area contributed by atoms with Gasteiger partial charge in [0, 0.05) is 30.1 Å². The Morgan fingerprint density at radius 1 is 0.871 bits per heavy atom. The molecule has 5 nitrogen and oxygen atoms in total. The molecule has 31 heavy (non-hydrogen) atoms. The van der Waals surface area contributed by atoms with Crippen molar-refractivity contribution < 1.29 is 4.39 Å². The van der Waals surface area contributed by atoms with Crippen LogP contribution in [-0.4, -0.2) is 19.9 Å². The van der Waals surface area contributed by atoms with Crippen LogP contribution in [0.2, 0.25) is 0 Å². The highest BCUT2D eigenvalue weighted by Crippen LogP contribution is 2.21. The summed E-state index contributed by atoms with van der Waals surface area (Å²) >= 11 is 1.43. The van der Waals surface area contributed by atoms with Gasteiger partial charge in [-0.05, 0) is 41.7 Å². The van der Waals surface area contributed by atoms with Gasteiger partial charge in [0.2, 0.25) is 0 Å². The highest BCUT2D eigenvalue weighted by molar-refractivity contribution is 7.98. The maximum atomic E-state index is 13.1. The van der Waals surface area contributed by atoms with E-state index in [9.17, 15) is 9.18 Å². The van der Waals surface area contributed by atoms with E-state index in [2.05, 4.69) is 27.1 Å². The molecule has 2 heterocycles. The molecule has 0 saturated carbocycles. The summed E-state index contributed by atoms with van der Waals surface area (Å²) in [6.07, 6.45) is 6.77. The molecular weight excluding hydrogens is 411 g/mol. The summed E-state index contributed by atoms with van der Waals surface area (Å²) < 4.78 is 13.1. The molecule has 0 aliphatic rings. The molecule has 0 aliphatic carbocycles. The van der Waals surface area contributed by atoms with Gasteiger partial charge in [0.25, 0.3) is 5.56 Å². The fraction of sp³-hybridized carbons (Fsp3) is 0.167. The summed E-state index contributed by atoms with van der Waals surface area (Å²) in [5.74, 6) is 0.324. The number of aromatic amines is 1. The van der Waals surface area contributed by atoms with Crippen molar-refractivity contribution in [2.45, 2.75) is 30.2 Å². The quantitative estimate of drug-likeness (QED) is 0.331. The number of thioether (sulfide) groups is 1. The van der Waals surface area contributed by atoms with Crippen molar-refractivity contribution in [2.75, 3.05) is 0 Å². The molecule has 0 amide bonds. The Hall–Kier alpha value is -3.32. The summed E-state index contributed by atoms with van der Waals surface area (Å²) in [6, 6.07) is 16.5. The second-order valence-electron chi connectivity index (χ2n) is 7.12.